The van der Waals surface area contributed by atoms with Crippen LogP contribution in [-0.2, 0) is 25.8 Å². The molecule has 1 aliphatic rings. The summed E-state index contributed by atoms with van der Waals surface area (Å²) in [5.41, 5.74) is 2.39. The van der Waals surface area contributed by atoms with E-state index in [0.29, 0.717) is 0 Å². The molecule has 8 heteroatoms. The van der Waals surface area contributed by atoms with E-state index in [2.05, 4.69) is 78.3 Å². The van der Waals surface area contributed by atoms with Crippen molar-refractivity contribution in [2.75, 3.05) is 7.11 Å². The van der Waals surface area contributed by atoms with E-state index < -0.39 is 28.5 Å². The van der Waals surface area contributed by atoms with Gasteiger partial charge in [-0.15, -0.1) is 11.3 Å². The standard InChI is InChI=1S/C27H44O5SSi2/c1-11-23-18(2)25(31-34(5,6)7)26(32-35(8,9)10)27(28,30-23)24-17-21(19(3)33-24)16-20-12-14-22(29-4)15-13-20/h12-15,17-18,23,25-26,28H,11,16H2,1-10H3/t18-,23-,25+,26-,27?/m1/s1. The van der Waals surface area contributed by atoms with Crippen molar-refractivity contribution in [2.45, 2.75) is 97.0 Å². The Bertz CT molecular complexity index is 979. The van der Waals surface area contributed by atoms with E-state index in [0.717, 1.165) is 23.5 Å². The molecular formula is C27H44O5SSi2. The average Bonchev–Trinajstić information content (AvgIpc) is 3.13. The Morgan fingerprint density at radius 1 is 1.03 bits per heavy atom. The lowest BCUT2D eigenvalue weighted by atomic mass is 9.84. The topological polar surface area (TPSA) is 57.2 Å². The molecule has 5 nitrogen and oxygen atoms in total. The van der Waals surface area contributed by atoms with Gasteiger partial charge in [0.2, 0.25) is 5.79 Å². The van der Waals surface area contributed by atoms with Crippen molar-refractivity contribution < 1.29 is 23.4 Å². The highest BCUT2D eigenvalue weighted by Gasteiger charge is 2.57. The van der Waals surface area contributed by atoms with Gasteiger partial charge in [-0.25, -0.2) is 0 Å². The lowest BCUT2D eigenvalue weighted by Crippen LogP contribution is -2.64. The molecule has 0 saturated carbocycles. The number of hydrogen-bond donors (Lipinski definition) is 1. The van der Waals surface area contributed by atoms with E-state index in [1.54, 1.807) is 18.4 Å². The Hall–Kier alpha value is -1.01. The molecule has 0 aliphatic carbocycles. The van der Waals surface area contributed by atoms with Gasteiger partial charge in [0, 0.05) is 10.8 Å². The lowest BCUT2D eigenvalue weighted by Gasteiger charge is -2.52. The number of benzene rings is 1. The molecule has 1 unspecified atom stereocenters. The highest BCUT2D eigenvalue weighted by molar-refractivity contribution is 7.12. The summed E-state index contributed by atoms with van der Waals surface area (Å²) in [4.78, 5) is 1.98. The number of aryl methyl sites for hydroxylation is 1. The van der Waals surface area contributed by atoms with Crippen molar-refractivity contribution in [1.29, 1.82) is 0 Å². The largest absolute Gasteiger partial charge is 0.497 e. The van der Waals surface area contributed by atoms with Gasteiger partial charge < -0.3 is 23.4 Å². The van der Waals surface area contributed by atoms with Crippen LogP contribution in [0.4, 0.5) is 0 Å². The molecule has 0 bridgehead atoms. The zero-order chi connectivity index (χ0) is 26.2. The first-order chi connectivity index (χ1) is 16.2. The summed E-state index contributed by atoms with van der Waals surface area (Å²) in [6, 6.07) is 10.3. The van der Waals surface area contributed by atoms with E-state index in [-0.39, 0.29) is 18.1 Å². The van der Waals surface area contributed by atoms with Crippen LogP contribution in [0.2, 0.25) is 39.3 Å². The molecule has 1 fully saturated rings. The summed E-state index contributed by atoms with van der Waals surface area (Å²) in [6.45, 7) is 19.5. The molecule has 2 heterocycles. The summed E-state index contributed by atoms with van der Waals surface area (Å²) in [5, 5.41) is 12.3. The summed E-state index contributed by atoms with van der Waals surface area (Å²) in [6.07, 6.45) is 0.660. The number of rotatable bonds is 9. The monoisotopic (exact) mass is 536 g/mol. The summed E-state index contributed by atoms with van der Waals surface area (Å²) < 4.78 is 25.3. The van der Waals surface area contributed by atoms with E-state index in [4.69, 9.17) is 18.3 Å². The van der Waals surface area contributed by atoms with E-state index in [1.165, 1.54) is 16.0 Å². The van der Waals surface area contributed by atoms with Crippen molar-refractivity contribution in [1.82, 2.24) is 0 Å². The number of aliphatic hydroxyl groups is 1. The number of thiophene rings is 1. The molecular weight excluding hydrogens is 493 g/mol. The van der Waals surface area contributed by atoms with Gasteiger partial charge in [-0.05, 0) is 88.4 Å². The maximum atomic E-state index is 12.3. The second-order valence-corrected chi connectivity index (χ2v) is 21.9. The molecule has 0 radical (unpaired) electrons. The molecule has 2 aromatic rings. The number of ether oxygens (including phenoxy) is 2. The van der Waals surface area contributed by atoms with Crippen LogP contribution in [-0.4, -0.2) is 47.2 Å². The molecule has 1 saturated heterocycles. The third-order valence-electron chi connectivity index (χ3n) is 6.42. The normalized spacial score (nSPS) is 27.7. The molecule has 35 heavy (non-hydrogen) atoms. The Kier molecular flexibility index (Phi) is 8.79. The van der Waals surface area contributed by atoms with Crippen molar-refractivity contribution >= 4 is 28.0 Å². The van der Waals surface area contributed by atoms with Crippen molar-refractivity contribution in [3.05, 3.63) is 51.2 Å². The van der Waals surface area contributed by atoms with Gasteiger partial charge in [-0.1, -0.05) is 26.0 Å². The quantitative estimate of drug-likeness (QED) is 0.362. The van der Waals surface area contributed by atoms with Crippen LogP contribution >= 0.6 is 11.3 Å². The van der Waals surface area contributed by atoms with Gasteiger partial charge >= 0.3 is 0 Å². The molecule has 5 atom stereocenters. The number of methoxy groups -OCH3 is 1. The van der Waals surface area contributed by atoms with Gasteiger partial charge in [0.15, 0.2) is 16.6 Å². The van der Waals surface area contributed by atoms with Gasteiger partial charge in [-0.3, -0.25) is 0 Å². The Balaban J connectivity index is 2.03. The maximum Gasteiger partial charge on any atom is 0.230 e. The Labute approximate surface area is 218 Å². The van der Waals surface area contributed by atoms with Gasteiger partial charge in [0.25, 0.3) is 0 Å². The minimum absolute atomic E-state index is 0.115. The highest BCUT2D eigenvalue weighted by Crippen LogP contribution is 2.46. The first-order valence-electron chi connectivity index (χ1n) is 12.7. The zero-order valence-electron chi connectivity index (χ0n) is 23.1. The molecule has 1 aromatic carbocycles. The van der Waals surface area contributed by atoms with Crippen LogP contribution in [0.3, 0.4) is 0 Å². The minimum atomic E-state index is -2.03. The Morgan fingerprint density at radius 2 is 1.63 bits per heavy atom. The third-order valence-corrected chi connectivity index (χ3v) is 9.56. The summed E-state index contributed by atoms with van der Waals surface area (Å²) in [7, 11) is -2.27. The SMILES string of the molecule is CC[C@H]1OC(O)(c2cc(Cc3ccc(OC)cc3)c(C)s2)[C@H](O[Si](C)(C)C)[C@@H](O[Si](C)(C)C)[C@@H]1C. The van der Waals surface area contributed by atoms with Crippen molar-refractivity contribution in [3.8, 4) is 5.75 Å². The molecule has 1 N–H and O–H groups in total. The van der Waals surface area contributed by atoms with E-state index in [9.17, 15) is 5.11 Å². The van der Waals surface area contributed by atoms with Crippen LogP contribution in [0.15, 0.2) is 30.3 Å². The van der Waals surface area contributed by atoms with Crippen LogP contribution in [0.5, 0.6) is 5.75 Å². The van der Waals surface area contributed by atoms with E-state index in [1.807, 2.05) is 12.1 Å². The third kappa shape index (κ3) is 6.86. The second kappa shape index (κ2) is 10.8. The zero-order valence-corrected chi connectivity index (χ0v) is 25.9. The van der Waals surface area contributed by atoms with Crippen molar-refractivity contribution in [2.24, 2.45) is 5.92 Å². The van der Waals surface area contributed by atoms with Gasteiger partial charge in [0.1, 0.15) is 11.9 Å². The van der Waals surface area contributed by atoms with Crippen molar-refractivity contribution in [3.63, 3.8) is 0 Å². The fourth-order valence-electron chi connectivity index (χ4n) is 4.71. The molecule has 0 amide bonds. The van der Waals surface area contributed by atoms with Gasteiger partial charge in [-0.2, -0.15) is 0 Å². The highest BCUT2D eigenvalue weighted by atomic mass is 32.1. The Morgan fingerprint density at radius 3 is 2.14 bits per heavy atom. The molecule has 1 aromatic heterocycles. The summed E-state index contributed by atoms with van der Waals surface area (Å²) in [5.74, 6) is -0.583. The first-order valence-corrected chi connectivity index (χ1v) is 20.3. The maximum absolute atomic E-state index is 12.3. The molecule has 196 valence electrons. The molecule has 3 rings (SSSR count). The fourth-order valence-corrected chi connectivity index (χ4v) is 8.02. The minimum Gasteiger partial charge on any atom is -0.497 e. The van der Waals surface area contributed by atoms with E-state index >= 15 is 0 Å². The van der Waals surface area contributed by atoms with Gasteiger partial charge in [0.05, 0.1) is 24.2 Å². The van der Waals surface area contributed by atoms with Crippen LogP contribution in [0, 0.1) is 12.8 Å². The smallest absolute Gasteiger partial charge is 0.230 e. The predicted molar refractivity (Wildman–Crippen MR) is 150 cm³/mol. The average molecular weight is 537 g/mol. The predicted octanol–water partition coefficient (Wildman–Crippen LogP) is 6.69. The molecule has 1 aliphatic heterocycles. The molecule has 0 spiro atoms. The van der Waals surface area contributed by atoms with Crippen LogP contribution < -0.4 is 4.74 Å². The number of hydrogen-bond acceptors (Lipinski definition) is 6. The first kappa shape index (κ1) is 28.6. The second-order valence-electron chi connectivity index (χ2n) is 11.7. The van der Waals surface area contributed by atoms with Crippen LogP contribution in [0.1, 0.15) is 41.1 Å². The summed E-state index contributed by atoms with van der Waals surface area (Å²) >= 11 is 1.60. The lowest BCUT2D eigenvalue weighted by molar-refractivity contribution is -0.337. The van der Waals surface area contributed by atoms with Crippen LogP contribution in [0.25, 0.3) is 0 Å². The fraction of sp³-hybridized carbons (Fsp3) is 0.630.